The summed E-state index contributed by atoms with van der Waals surface area (Å²) in [6.45, 7) is 3.17. The maximum atomic E-state index is 12.0. The van der Waals surface area contributed by atoms with Gasteiger partial charge in [-0.2, -0.15) is 0 Å². The van der Waals surface area contributed by atoms with Crippen LogP contribution in [0.4, 0.5) is 11.4 Å². The van der Waals surface area contributed by atoms with Crippen molar-refractivity contribution in [2.45, 2.75) is 30.7 Å². The zero-order valence-corrected chi connectivity index (χ0v) is 16.6. The molecule has 0 saturated carbocycles. The molecule has 1 N–H and O–H groups in total. The number of nitro benzene ring substituents is 1. The number of hydrogen-bond donors (Lipinski definition) is 1. The Morgan fingerprint density at radius 2 is 1.96 bits per heavy atom. The highest BCUT2D eigenvalue weighted by Crippen LogP contribution is 2.41. The summed E-state index contributed by atoms with van der Waals surface area (Å²) in [5.41, 5.74) is 1.26. The first-order valence-electron chi connectivity index (χ1n) is 9.08. The lowest BCUT2D eigenvalue weighted by Gasteiger charge is -2.27. The van der Waals surface area contributed by atoms with E-state index in [1.165, 1.54) is 19.2 Å². The molecule has 2 aromatic carbocycles. The summed E-state index contributed by atoms with van der Waals surface area (Å²) in [4.78, 5) is 13.0. The maximum absolute atomic E-state index is 12.0. The number of benzene rings is 2. The van der Waals surface area contributed by atoms with Crippen molar-refractivity contribution in [3.8, 4) is 5.75 Å². The molecular weight excluding hydrogens is 382 g/mol. The summed E-state index contributed by atoms with van der Waals surface area (Å²) < 4.78 is 31.7. The van der Waals surface area contributed by atoms with Crippen LogP contribution >= 0.6 is 0 Å². The van der Waals surface area contributed by atoms with Crippen molar-refractivity contribution in [3.05, 3.63) is 58.1 Å². The van der Waals surface area contributed by atoms with Crippen LogP contribution in [-0.4, -0.2) is 33.5 Å². The predicted molar refractivity (Wildman–Crippen MR) is 106 cm³/mol. The largest absolute Gasteiger partial charge is 0.494 e. The van der Waals surface area contributed by atoms with Crippen LogP contribution in [0.1, 0.15) is 31.4 Å². The van der Waals surface area contributed by atoms with Gasteiger partial charge in [0.2, 0.25) is 10.0 Å². The molecule has 1 aliphatic rings. The van der Waals surface area contributed by atoms with Crippen molar-refractivity contribution in [3.63, 3.8) is 0 Å². The Hall–Kier alpha value is -2.65. The van der Waals surface area contributed by atoms with Gasteiger partial charge < -0.3 is 9.64 Å². The normalized spacial score (nSPS) is 16.9. The van der Waals surface area contributed by atoms with E-state index in [0.717, 1.165) is 30.2 Å². The Labute approximate surface area is 164 Å². The topological polar surface area (TPSA) is 102 Å². The molecule has 1 fully saturated rings. The zero-order valence-electron chi connectivity index (χ0n) is 15.8. The fourth-order valence-corrected chi connectivity index (χ4v) is 4.28. The molecule has 28 heavy (non-hydrogen) atoms. The minimum absolute atomic E-state index is 0.0128. The van der Waals surface area contributed by atoms with Crippen LogP contribution in [0.2, 0.25) is 0 Å². The van der Waals surface area contributed by atoms with Crippen LogP contribution in [-0.2, 0) is 10.0 Å². The van der Waals surface area contributed by atoms with Crippen molar-refractivity contribution in [2.24, 2.45) is 0 Å². The van der Waals surface area contributed by atoms with Crippen LogP contribution < -0.4 is 14.4 Å². The highest BCUT2D eigenvalue weighted by atomic mass is 32.2. The molecule has 8 nitrogen and oxygen atoms in total. The van der Waals surface area contributed by atoms with E-state index >= 15 is 0 Å². The minimum Gasteiger partial charge on any atom is -0.494 e. The molecule has 2 aromatic rings. The molecule has 0 aliphatic carbocycles. The fraction of sp³-hybridized carbons (Fsp3) is 0.368. The number of anilines is 1. The van der Waals surface area contributed by atoms with Crippen molar-refractivity contribution >= 4 is 21.4 Å². The van der Waals surface area contributed by atoms with Crippen LogP contribution in [0.25, 0.3) is 0 Å². The highest BCUT2D eigenvalue weighted by molar-refractivity contribution is 7.89. The first-order valence-corrected chi connectivity index (χ1v) is 10.6. The molecule has 0 unspecified atom stereocenters. The number of nitrogens with one attached hydrogen (secondary N) is 1. The molecule has 3 rings (SSSR count). The van der Waals surface area contributed by atoms with Crippen molar-refractivity contribution in [2.75, 3.05) is 25.1 Å². The third-order valence-corrected chi connectivity index (χ3v) is 6.27. The summed E-state index contributed by atoms with van der Waals surface area (Å²) in [6.07, 6.45) is 1.76. The summed E-state index contributed by atoms with van der Waals surface area (Å²) in [5, 5.41) is 11.7. The van der Waals surface area contributed by atoms with Gasteiger partial charge in [0, 0.05) is 12.6 Å². The van der Waals surface area contributed by atoms with Crippen LogP contribution in [0, 0.1) is 10.1 Å². The molecule has 1 saturated heterocycles. The van der Waals surface area contributed by atoms with E-state index in [4.69, 9.17) is 4.74 Å². The van der Waals surface area contributed by atoms with E-state index in [1.54, 1.807) is 0 Å². The minimum atomic E-state index is -3.76. The van der Waals surface area contributed by atoms with Crippen LogP contribution in [0.5, 0.6) is 5.75 Å². The standard InChI is InChI=1S/C19H23N3O5S/c1-3-27-15-8-6-14(7-9-15)17-5-4-12-21(17)18-11-10-16(28(25,26)20-2)13-19(18)22(23)24/h6-11,13,17,20H,3-5,12H2,1-2H3/t17-/m1/s1. The van der Waals surface area contributed by atoms with Gasteiger partial charge in [-0.3, -0.25) is 10.1 Å². The second-order valence-electron chi connectivity index (χ2n) is 6.47. The highest BCUT2D eigenvalue weighted by Gasteiger charge is 2.32. The predicted octanol–water partition coefficient (Wildman–Crippen LogP) is 3.24. The first kappa shape index (κ1) is 20.1. The van der Waals surface area contributed by atoms with Gasteiger partial charge in [-0.1, -0.05) is 12.1 Å². The molecule has 0 amide bonds. The number of hydrogen-bond acceptors (Lipinski definition) is 6. The third-order valence-electron chi connectivity index (χ3n) is 4.86. The Morgan fingerprint density at radius 1 is 1.25 bits per heavy atom. The molecular formula is C19H23N3O5S. The average Bonchev–Trinajstić information content (AvgIpc) is 3.18. The smallest absolute Gasteiger partial charge is 0.293 e. The van der Waals surface area contributed by atoms with Crippen LogP contribution in [0.3, 0.4) is 0 Å². The fourth-order valence-electron chi connectivity index (χ4n) is 3.53. The summed E-state index contributed by atoms with van der Waals surface area (Å²) in [7, 11) is -2.48. The molecule has 0 bridgehead atoms. The molecule has 0 spiro atoms. The Bertz CT molecular complexity index is 960. The number of ether oxygens (including phenoxy) is 1. The third kappa shape index (κ3) is 3.95. The van der Waals surface area contributed by atoms with Crippen molar-refractivity contribution < 1.29 is 18.1 Å². The van der Waals surface area contributed by atoms with Gasteiger partial charge in [-0.25, -0.2) is 13.1 Å². The van der Waals surface area contributed by atoms with Crippen molar-refractivity contribution in [1.29, 1.82) is 0 Å². The van der Waals surface area contributed by atoms with E-state index in [0.29, 0.717) is 18.8 Å². The molecule has 1 aliphatic heterocycles. The maximum Gasteiger partial charge on any atom is 0.293 e. The van der Waals surface area contributed by atoms with E-state index < -0.39 is 14.9 Å². The van der Waals surface area contributed by atoms with E-state index in [-0.39, 0.29) is 16.6 Å². The Kier molecular flexibility index (Phi) is 5.85. The van der Waals surface area contributed by atoms with E-state index in [1.807, 2.05) is 36.1 Å². The van der Waals surface area contributed by atoms with Gasteiger partial charge in [0.05, 0.1) is 22.5 Å². The zero-order chi connectivity index (χ0) is 20.3. The lowest BCUT2D eigenvalue weighted by Crippen LogP contribution is -2.24. The monoisotopic (exact) mass is 405 g/mol. The quantitative estimate of drug-likeness (QED) is 0.560. The molecule has 0 aromatic heterocycles. The average molecular weight is 405 g/mol. The van der Waals surface area contributed by atoms with Gasteiger partial charge in [0.25, 0.3) is 5.69 Å². The van der Waals surface area contributed by atoms with Gasteiger partial charge in [-0.15, -0.1) is 0 Å². The second-order valence-corrected chi connectivity index (χ2v) is 8.36. The van der Waals surface area contributed by atoms with Crippen LogP contribution in [0.15, 0.2) is 47.4 Å². The lowest BCUT2D eigenvalue weighted by atomic mass is 10.0. The molecule has 9 heteroatoms. The van der Waals surface area contributed by atoms with Gasteiger partial charge >= 0.3 is 0 Å². The first-order chi connectivity index (χ1) is 13.4. The summed E-state index contributed by atoms with van der Waals surface area (Å²) in [6, 6.07) is 11.8. The van der Waals surface area contributed by atoms with Gasteiger partial charge in [0.1, 0.15) is 11.4 Å². The molecule has 0 radical (unpaired) electrons. The van der Waals surface area contributed by atoms with E-state index in [2.05, 4.69) is 4.72 Å². The second kappa shape index (κ2) is 8.15. The summed E-state index contributed by atoms with van der Waals surface area (Å²) in [5.74, 6) is 0.781. The Balaban J connectivity index is 1.98. The molecule has 1 heterocycles. The van der Waals surface area contributed by atoms with Gasteiger partial charge in [-0.05, 0) is 56.6 Å². The Morgan fingerprint density at radius 3 is 2.57 bits per heavy atom. The SMILES string of the molecule is CCOc1ccc([C@H]2CCCN2c2ccc(S(=O)(=O)NC)cc2[N+](=O)[O-])cc1. The number of nitro groups is 1. The number of nitrogens with zero attached hydrogens (tertiary/aromatic N) is 2. The molecule has 150 valence electrons. The summed E-state index contributed by atoms with van der Waals surface area (Å²) >= 11 is 0. The lowest BCUT2D eigenvalue weighted by molar-refractivity contribution is -0.384. The van der Waals surface area contributed by atoms with E-state index in [9.17, 15) is 18.5 Å². The van der Waals surface area contributed by atoms with Gasteiger partial charge in [0.15, 0.2) is 0 Å². The number of sulfonamides is 1. The molecule has 1 atom stereocenters. The number of rotatable bonds is 7. The van der Waals surface area contributed by atoms with Crippen molar-refractivity contribution in [1.82, 2.24) is 4.72 Å².